The molecule has 3 heteroatoms. The van der Waals surface area contributed by atoms with Gasteiger partial charge < -0.3 is 5.32 Å². The maximum atomic E-state index is 4.75. The summed E-state index contributed by atoms with van der Waals surface area (Å²) in [7, 11) is 0. The van der Waals surface area contributed by atoms with Gasteiger partial charge in [0.05, 0.1) is 11.8 Å². The van der Waals surface area contributed by atoms with E-state index in [4.69, 9.17) is 4.99 Å². The SMILES string of the molecule is CC(C)C1CCCCC1NC1=NCC(c2ccccc2)S1. The number of rotatable bonds is 3. The summed E-state index contributed by atoms with van der Waals surface area (Å²) in [6, 6.07) is 11.4. The van der Waals surface area contributed by atoms with Gasteiger partial charge in [-0.1, -0.05) is 68.8 Å². The van der Waals surface area contributed by atoms with E-state index in [-0.39, 0.29) is 0 Å². The first-order valence-corrected chi connectivity index (χ1v) is 9.14. The second-order valence-corrected chi connectivity index (χ2v) is 7.80. The van der Waals surface area contributed by atoms with Crippen LogP contribution in [0.2, 0.25) is 0 Å². The number of benzene rings is 1. The zero-order chi connectivity index (χ0) is 14.7. The lowest BCUT2D eigenvalue weighted by molar-refractivity contribution is 0.225. The Morgan fingerprint density at radius 1 is 1.14 bits per heavy atom. The first-order valence-electron chi connectivity index (χ1n) is 8.26. The van der Waals surface area contributed by atoms with Crippen LogP contribution < -0.4 is 5.32 Å². The molecule has 0 amide bonds. The van der Waals surface area contributed by atoms with E-state index in [2.05, 4.69) is 49.5 Å². The maximum Gasteiger partial charge on any atom is 0.157 e. The van der Waals surface area contributed by atoms with E-state index in [1.54, 1.807) is 0 Å². The summed E-state index contributed by atoms with van der Waals surface area (Å²) in [5.74, 6) is 1.57. The molecule has 1 saturated carbocycles. The van der Waals surface area contributed by atoms with Crippen LogP contribution in [0.1, 0.15) is 50.3 Å². The third kappa shape index (κ3) is 3.63. The Morgan fingerprint density at radius 3 is 2.67 bits per heavy atom. The minimum atomic E-state index is 0.495. The van der Waals surface area contributed by atoms with Crippen molar-refractivity contribution in [2.45, 2.75) is 50.8 Å². The third-order valence-electron chi connectivity index (χ3n) is 4.81. The topological polar surface area (TPSA) is 24.4 Å². The van der Waals surface area contributed by atoms with Gasteiger partial charge in [-0.05, 0) is 30.2 Å². The van der Waals surface area contributed by atoms with E-state index < -0.39 is 0 Å². The van der Waals surface area contributed by atoms with Crippen LogP contribution in [0.15, 0.2) is 35.3 Å². The molecule has 3 unspecified atom stereocenters. The van der Waals surface area contributed by atoms with E-state index in [1.165, 1.54) is 36.4 Å². The molecule has 1 heterocycles. The monoisotopic (exact) mass is 302 g/mol. The summed E-state index contributed by atoms with van der Waals surface area (Å²) >= 11 is 1.91. The summed E-state index contributed by atoms with van der Waals surface area (Å²) in [5, 5.41) is 5.43. The number of hydrogen-bond acceptors (Lipinski definition) is 3. The first-order chi connectivity index (χ1) is 10.2. The highest BCUT2D eigenvalue weighted by Crippen LogP contribution is 2.36. The third-order valence-corrected chi connectivity index (χ3v) is 5.99. The number of hydrogen-bond donors (Lipinski definition) is 1. The Kier molecular flexibility index (Phi) is 4.89. The van der Waals surface area contributed by atoms with Gasteiger partial charge in [0.25, 0.3) is 0 Å². The van der Waals surface area contributed by atoms with Crippen LogP contribution >= 0.6 is 11.8 Å². The van der Waals surface area contributed by atoms with E-state index in [1.807, 2.05) is 11.8 Å². The Balaban J connectivity index is 1.59. The highest BCUT2D eigenvalue weighted by Gasteiger charge is 2.30. The second kappa shape index (κ2) is 6.87. The quantitative estimate of drug-likeness (QED) is 0.880. The van der Waals surface area contributed by atoms with E-state index in [0.717, 1.165) is 18.4 Å². The molecule has 0 bridgehead atoms. The number of nitrogens with zero attached hydrogens (tertiary/aromatic N) is 1. The van der Waals surface area contributed by atoms with E-state index in [0.29, 0.717) is 11.3 Å². The van der Waals surface area contributed by atoms with Crippen LogP contribution in [0.25, 0.3) is 0 Å². The predicted molar refractivity (Wildman–Crippen MR) is 92.8 cm³/mol. The Morgan fingerprint density at radius 2 is 1.90 bits per heavy atom. The molecule has 1 aliphatic carbocycles. The molecule has 1 N–H and O–H groups in total. The van der Waals surface area contributed by atoms with Gasteiger partial charge in [-0.2, -0.15) is 0 Å². The molecule has 0 spiro atoms. The number of thioether (sulfide) groups is 1. The molecule has 1 aromatic carbocycles. The van der Waals surface area contributed by atoms with Crippen LogP contribution in [-0.4, -0.2) is 17.8 Å². The number of nitrogens with one attached hydrogen (secondary N) is 1. The van der Waals surface area contributed by atoms with Crippen LogP contribution in [0.4, 0.5) is 0 Å². The summed E-state index contributed by atoms with van der Waals surface area (Å²) in [5.41, 5.74) is 1.40. The Hall–Kier alpha value is -0.960. The normalized spacial score (nSPS) is 29.5. The van der Waals surface area contributed by atoms with Gasteiger partial charge in [0.2, 0.25) is 0 Å². The number of aliphatic imine (C=N–C) groups is 1. The van der Waals surface area contributed by atoms with Crippen molar-refractivity contribution in [1.29, 1.82) is 0 Å². The van der Waals surface area contributed by atoms with Crippen molar-refractivity contribution in [3.63, 3.8) is 0 Å². The van der Waals surface area contributed by atoms with Crippen molar-refractivity contribution < 1.29 is 0 Å². The molecular formula is C18H26N2S. The van der Waals surface area contributed by atoms with E-state index in [9.17, 15) is 0 Å². The van der Waals surface area contributed by atoms with Crippen LogP contribution in [0.5, 0.6) is 0 Å². The smallest absolute Gasteiger partial charge is 0.157 e. The van der Waals surface area contributed by atoms with Crippen molar-refractivity contribution in [2.75, 3.05) is 6.54 Å². The molecular weight excluding hydrogens is 276 g/mol. The standard InChI is InChI=1S/C18H26N2S/c1-13(2)15-10-6-7-11-16(15)20-18-19-12-17(21-18)14-8-4-3-5-9-14/h3-5,8-9,13,15-17H,6-7,10-12H2,1-2H3,(H,19,20). The van der Waals surface area contributed by atoms with Gasteiger partial charge in [-0.25, -0.2) is 0 Å². The van der Waals surface area contributed by atoms with E-state index >= 15 is 0 Å². The van der Waals surface area contributed by atoms with Crippen molar-refractivity contribution in [3.05, 3.63) is 35.9 Å². The van der Waals surface area contributed by atoms with Gasteiger partial charge >= 0.3 is 0 Å². The predicted octanol–water partition coefficient (Wildman–Crippen LogP) is 4.63. The largest absolute Gasteiger partial charge is 0.362 e. The zero-order valence-electron chi connectivity index (χ0n) is 13.1. The van der Waals surface area contributed by atoms with Gasteiger partial charge in [-0.15, -0.1) is 0 Å². The van der Waals surface area contributed by atoms with Crippen LogP contribution in [0.3, 0.4) is 0 Å². The second-order valence-electron chi connectivity index (χ2n) is 6.61. The van der Waals surface area contributed by atoms with Crippen LogP contribution in [0, 0.1) is 11.8 Å². The van der Waals surface area contributed by atoms with Crippen molar-refractivity contribution in [2.24, 2.45) is 16.8 Å². The molecule has 114 valence electrons. The molecule has 1 aliphatic heterocycles. The highest BCUT2D eigenvalue weighted by molar-refractivity contribution is 8.14. The molecule has 2 aliphatic rings. The molecule has 0 saturated heterocycles. The van der Waals surface area contributed by atoms with Gasteiger partial charge in [-0.3, -0.25) is 4.99 Å². The lowest BCUT2D eigenvalue weighted by Gasteiger charge is -2.35. The first kappa shape index (κ1) is 15.0. The van der Waals surface area contributed by atoms with Gasteiger partial charge in [0, 0.05) is 6.04 Å². The molecule has 21 heavy (non-hydrogen) atoms. The molecule has 0 radical (unpaired) electrons. The summed E-state index contributed by atoms with van der Waals surface area (Å²) in [6.45, 7) is 5.64. The van der Waals surface area contributed by atoms with Crippen molar-refractivity contribution in [3.8, 4) is 0 Å². The lowest BCUT2D eigenvalue weighted by Crippen LogP contribution is -2.42. The molecule has 1 aromatic rings. The molecule has 1 fully saturated rings. The average molecular weight is 302 g/mol. The Bertz CT molecular complexity index is 483. The maximum absolute atomic E-state index is 4.75. The van der Waals surface area contributed by atoms with Gasteiger partial charge in [0.15, 0.2) is 5.17 Å². The fraction of sp³-hybridized carbons (Fsp3) is 0.611. The minimum Gasteiger partial charge on any atom is -0.362 e. The molecule has 3 atom stereocenters. The highest BCUT2D eigenvalue weighted by atomic mass is 32.2. The Labute approximate surface area is 132 Å². The summed E-state index contributed by atoms with van der Waals surface area (Å²) in [4.78, 5) is 4.75. The average Bonchev–Trinajstić information content (AvgIpc) is 2.97. The summed E-state index contributed by atoms with van der Waals surface area (Å²) in [6.07, 6.45) is 5.43. The van der Waals surface area contributed by atoms with Crippen LogP contribution in [-0.2, 0) is 0 Å². The zero-order valence-corrected chi connectivity index (χ0v) is 13.9. The molecule has 0 aromatic heterocycles. The lowest BCUT2D eigenvalue weighted by atomic mass is 9.78. The summed E-state index contributed by atoms with van der Waals surface area (Å²) < 4.78 is 0. The number of amidine groups is 1. The van der Waals surface area contributed by atoms with Gasteiger partial charge in [0.1, 0.15) is 0 Å². The van der Waals surface area contributed by atoms with Crippen molar-refractivity contribution in [1.82, 2.24) is 5.32 Å². The molecule has 3 rings (SSSR count). The molecule has 2 nitrogen and oxygen atoms in total. The fourth-order valence-electron chi connectivity index (χ4n) is 3.59. The van der Waals surface area contributed by atoms with Crippen molar-refractivity contribution >= 4 is 16.9 Å². The fourth-order valence-corrected chi connectivity index (χ4v) is 4.67. The minimum absolute atomic E-state index is 0.495.